The van der Waals surface area contributed by atoms with E-state index < -0.39 is 29.7 Å². The van der Waals surface area contributed by atoms with Gasteiger partial charge in [0.25, 0.3) is 5.56 Å². The number of carbonyl (C=O) groups is 1. The molecule has 1 aromatic heterocycles. The highest BCUT2D eigenvalue weighted by Crippen LogP contribution is 2.27. The number of aliphatic hydroxyl groups is 2. The lowest BCUT2D eigenvalue weighted by atomic mass is 10.2. The molecule has 2 heterocycles. The number of hydrogen-bond donors (Lipinski definition) is 7. The quantitative estimate of drug-likeness (QED) is 0.103. The van der Waals surface area contributed by atoms with Gasteiger partial charge in [-0.25, -0.2) is 4.79 Å². The first kappa shape index (κ1) is 27.9. The van der Waals surface area contributed by atoms with Crippen molar-refractivity contribution < 1.29 is 19.7 Å². The zero-order valence-electron chi connectivity index (χ0n) is 19.5. The maximum atomic E-state index is 12.1. The summed E-state index contributed by atoms with van der Waals surface area (Å²) in [5.74, 6) is -0.353. The minimum absolute atomic E-state index is 0.0967. The molecule has 8 N–H and O–H groups in total. The van der Waals surface area contributed by atoms with Gasteiger partial charge in [-0.15, -0.1) is 0 Å². The van der Waals surface area contributed by atoms with E-state index in [1.807, 2.05) is 0 Å². The van der Waals surface area contributed by atoms with E-state index in [1.165, 1.54) is 18.3 Å². The molecular weight excluding hydrogens is 444 g/mol. The summed E-state index contributed by atoms with van der Waals surface area (Å²) in [6, 6.07) is 0. The summed E-state index contributed by atoms with van der Waals surface area (Å²) in [6.07, 6.45) is 5.32. The van der Waals surface area contributed by atoms with Crippen molar-refractivity contribution in [3.8, 4) is 0 Å². The van der Waals surface area contributed by atoms with Crippen molar-refractivity contribution in [3.05, 3.63) is 38.7 Å². The van der Waals surface area contributed by atoms with Crippen LogP contribution in [0.3, 0.4) is 0 Å². The monoisotopic (exact) mass is 482 g/mol. The third-order valence-corrected chi connectivity index (χ3v) is 5.45. The number of unbranched alkanes of at least 4 members (excludes halogenated alkanes) is 1. The molecule has 0 aromatic carbocycles. The number of rotatable bonds is 16. The summed E-state index contributed by atoms with van der Waals surface area (Å²) in [5, 5.41) is 28.5. The molecule has 3 unspecified atom stereocenters. The molecule has 34 heavy (non-hydrogen) atoms. The van der Waals surface area contributed by atoms with Gasteiger partial charge in [-0.05, 0) is 64.5 Å². The molecule has 2 rings (SSSR count). The van der Waals surface area contributed by atoms with Crippen LogP contribution in [0.4, 0.5) is 0 Å². The largest absolute Gasteiger partial charge is 0.394 e. The Morgan fingerprint density at radius 3 is 2.47 bits per heavy atom. The fourth-order valence-corrected chi connectivity index (χ4v) is 3.51. The summed E-state index contributed by atoms with van der Waals surface area (Å²) in [6.45, 7) is 4.48. The summed E-state index contributed by atoms with van der Waals surface area (Å²) in [5.41, 5.74) is 4.20. The number of hydrogen-bond acceptors (Lipinski definition) is 9. The smallest absolute Gasteiger partial charge is 0.330 e. The molecule has 0 saturated carbocycles. The second-order valence-corrected chi connectivity index (χ2v) is 8.19. The standard InChI is InChI=1S/C22H38N6O6/c23-7-3-10-24-8-1-2-9-25-11-4-12-26-19(31)6-5-16-14-28(22(33)27-21(16)32)20-13-17(30)18(15-29)34-20/h5-6,14,17-18,20,24-25,29-30H,1-4,7-13,15,23H2,(H,26,31)(H,27,32,33). The molecule has 1 fully saturated rings. The summed E-state index contributed by atoms with van der Waals surface area (Å²) in [4.78, 5) is 38.4. The van der Waals surface area contributed by atoms with Crippen LogP contribution in [0, 0.1) is 0 Å². The minimum Gasteiger partial charge on any atom is -0.394 e. The van der Waals surface area contributed by atoms with E-state index in [4.69, 9.17) is 10.5 Å². The van der Waals surface area contributed by atoms with Gasteiger partial charge in [0.1, 0.15) is 12.3 Å². The molecule has 1 aliphatic heterocycles. The van der Waals surface area contributed by atoms with Gasteiger partial charge in [-0.3, -0.25) is 19.1 Å². The van der Waals surface area contributed by atoms with Crippen molar-refractivity contribution in [2.45, 2.75) is 50.5 Å². The fourth-order valence-electron chi connectivity index (χ4n) is 3.51. The second kappa shape index (κ2) is 15.5. The van der Waals surface area contributed by atoms with Crippen LogP contribution < -0.4 is 32.9 Å². The zero-order valence-corrected chi connectivity index (χ0v) is 19.5. The van der Waals surface area contributed by atoms with Gasteiger partial charge >= 0.3 is 5.69 Å². The van der Waals surface area contributed by atoms with E-state index in [0.717, 1.165) is 56.4 Å². The van der Waals surface area contributed by atoms with E-state index >= 15 is 0 Å². The molecular formula is C22H38N6O6. The highest BCUT2D eigenvalue weighted by atomic mass is 16.5. The number of aromatic amines is 1. The molecule has 12 heteroatoms. The van der Waals surface area contributed by atoms with Crippen molar-refractivity contribution >= 4 is 12.0 Å². The second-order valence-electron chi connectivity index (χ2n) is 8.19. The van der Waals surface area contributed by atoms with Gasteiger partial charge in [0.2, 0.25) is 5.91 Å². The molecule has 0 bridgehead atoms. The number of carbonyl (C=O) groups excluding carboxylic acids is 1. The number of aliphatic hydroxyl groups excluding tert-OH is 2. The Hall–Kier alpha value is -2.35. The summed E-state index contributed by atoms with van der Waals surface area (Å²) in [7, 11) is 0. The molecule has 3 atom stereocenters. The lowest BCUT2D eigenvalue weighted by Gasteiger charge is -2.14. The maximum Gasteiger partial charge on any atom is 0.330 e. The maximum absolute atomic E-state index is 12.1. The Balaban J connectivity index is 1.69. The van der Waals surface area contributed by atoms with E-state index in [9.17, 15) is 24.6 Å². The van der Waals surface area contributed by atoms with Crippen LogP contribution in [0.2, 0.25) is 0 Å². The topological polar surface area (TPSA) is 184 Å². The number of nitrogens with one attached hydrogen (secondary N) is 4. The summed E-state index contributed by atoms with van der Waals surface area (Å²) >= 11 is 0. The number of nitrogens with two attached hydrogens (primary N) is 1. The van der Waals surface area contributed by atoms with Crippen LogP contribution in [-0.4, -0.2) is 83.8 Å². The third-order valence-electron chi connectivity index (χ3n) is 5.45. The molecule has 0 spiro atoms. The third kappa shape index (κ3) is 9.49. The molecule has 1 aromatic rings. The number of aromatic nitrogens is 2. The van der Waals surface area contributed by atoms with Crippen LogP contribution in [0.5, 0.6) is 0 Å². The Labute approximate surface area is 198 Å². The molecule has 1 amide bonds. The van der Waals surface area contributed by atoms with Gasteiger partial charge < -0.3 is 36.6 Å². The number of amides is 1. The number of nitrogens with zero attached hydrogens (tertiary/aromatic N) is 1. The Bertz CT molecular complexity index is 885. The Morgan fingerprint density at radius 2 is 1.82 bits per heavy atom. The molecule has 0 radical (unpaired) electrons. The average molecular weight is 483 g/mol. The fraction of sp³-hybridized carbons (Fsp3) is 0.682. The van der Waals surface area contributed by atoms with E-state index in [2.05, 4.69) is 20.9 Å². The van der Waals surface area contributed by atoms with Crippen molar-refractivity contribution in [1.29, 1.82) is 0 Å². The lowest BCUT2D eigenvalue weighted by Crippen LogP contribution is -2.33. The highest BCUT2D eigenvalue weighted by molar-refractivity contribution is 5.91. The van der Waals surface area contributed by atoms with Gasteiger partial charge in [-0.2, -0.15) is 0 Å². The van der Waals surface area contributed by atoms with Crippen LogP contribution >= 0.6 is 0 Å². The van der Waals surface area contributed by atoms with Crippen molar-refractivity contribution in [3.63, 3.8) is 0 Å². The van der Waals surface area contributed by atoms with Gasteiger partial charge in [0.15, 0.2) is 0 Å². The first-order valence-corrected chi connectivity index (χ1v) is 11.8. The van der Waals surface area contributed by atoms with Crippen molar-refractivity contribution in [2.24, 2.45) is 5.73 Å². The Morgan fingerprint density at radius 1 is 1.15 bits per heavy atom. The first-order valence-electron chi connectivity index (χ1n) is 11.8. The van der Waals surface area contributed by atoms with Crippen LogP contribution in [0.25, 0.3) is 6.08 Å². The Kier molecular flexibility index (Phi) is 12.7. The first-order chi connectivity index (χ1) is 16.5. The van der Waals surface area contributed by atoms with E-state index in [1.54, 1.807) is 0 Å². The molecule has 1 saturated heterocycles. The number of H-pyrrole nitrogens is 1. The number of ether oxygens (including phenoxy) is 1. The van der Waals surface area contributed by atoms with Crippen LogP contribution in [-0.2, 0) is 9.53 Å². The van der Waals surface area contributed by atoms with Gasteiger partial charge in [-0.1, -0.05) is 0 Å². The van der Waals surface area contributed by atoms with Crippen LogP contribution in [0.1, 0.15) is 43.9 Å². The molecule has 0 aliphatic carbocycles. The molecule has 12 nitrogen and oxygen atoms in total. The van der Waals surface area contributed by atoms with E-state index in [0.29, 0.717) is 13.1 Å². The van der Waals surface area contributed by atoms with Crippen molar-refractivity contribution in [1.82, 2.24) is 25.5 Å². The predicted octanol–water partition coefficient (Wildman–Crippen LogP) is -1.99. The van der Waals surface area contributed by atoms with Gasteiger partial charge in [0, 0.05) is 25.2 Å². The predicted molar refractivity (Wildman–Crippen MR) is 128 cm³/mol. The normalized spacial score (nSPS) is 20.3. The van der Waals surface area contributed by atoms with Crippen molar-refractivity contribution in [2.75, 3.05) is 45.9 Å². The van der Waals surface area contributed by atoms with Gasteiger partial charge in [0.05, 0.1) is 18.3 Å². The SMILES string of the molecule is NCCCNCCCCNCCCNC(=O)C=Cc1cn(C2CC(O)C(CO)O2)c(=O)[nH]c1=O. The van der Waals surface area contributed by atoms with Crippen LogP contribution in [0.15, 0.2) is 21.9 Å². The minimum atomic E-state index is -0.920. The average Bonchev–Trinajstić information content (AvgIpc) is 3.19. The lowest BCUT2D eigenvalue weighted by molar-refractivity contribution is -0.116. The highest BCUT2D eigenvalue weighted by Gasteiger charge is 2.35. The van der Waals surface area contributed by atoms with E-state index in [-0.39, 0.29) is 24.5 Å². The molecule has 192 valence electrons. The summed E-state index contributed by atoms with van der Waals surface area (Å²) < 4.78 is 6.60. The molecule has 1 aliphatic rings. The zero-order chi connectivity index (χ0) is 24.8.